The fourth-order valence-corrected chi connectivity index (χ4v) is 1.23. The van der Waals surface area contributed by atoms with Crippen LogP contribution < -0.4 is 5.32 Å². The number of nitrogens with zero attached hydrogens (tertiary/aromatic N) is 1. The van der Waals surface area contributed by atoms with E-state index in [4.69, 9.17) is 16.3 Å². The lowest BCUT2D eigenvalue weighted by Crippen LogP contribution is -2.32. The summed E-state index contributed by atoms with van der Waals surface area (Å²) < 4.78 is 44.5. The first-order valence-corrected chi connectivity index (χ1v) is 6.34. The number of amides is 1. The Hall–Kier alpha value is -1.44. The van der Waals surface area contributed by atoms with Crippen LogP contribution in [-0.2, 0) is 9.47 Å². The maximum absolute atomic E-state index is 11.8. The maximum atomic E-state index is 11.8. The molecule has 0 aliphatic carbocycles. The van der Waals surface area contributed by atoms with E-state index in [-0.39, 0.29) is 12.1 Å². The van der Waals surface area contributed by atoms with Gasteiger partial charge in [-0.3, -0.25) is 5.32 Å². The van der Waals surface area contributed by atoms with Crippen molar-refractivity contribution in [3.63, 3.8) is 0 Å². The van der Waals surface area contributed by atoms with Gasteiger partial charge in [-0.1, -0.05) is 18.2 Å². The summed E-state index contributed by atoms with van der Waals surface area (Å²) in [7, 11) is 0. The van der Waals surface area contributed by atoms with Gasteiger partial charge in [0.15, 0.2) is 13.0 Å². The van der Waals surface area contributed by atoms with Gasteiger partial charge in [-0.15, -0.1) is 0 Å². The number of hydrogen-bond acceptors (Lipinski definition) is 4. The van der Waals surface area contributed by atoms with Gasteiger partial charge < -0.3 is 9.47 Å². The van der Waals surface area contributed by atoms with Crippen molar-refractivity contribution in [2.24, 2.45) is 4.99 Å². The second-order valence-corrected chi connectivity index (χ2v) is 5.55. The van der Waals surface area contributed by atoms with Crippen LogP contribution in [0.4, 0.5) is 18.0 Å². The summed E-state index contributed by atoms with van der Waals surface area (Å²) in [6, 6.07) is 0. The molecule has 122 valence electrons. The second-order valence-electron chi connectivity index (χ2n) is 5.05. The van der Waals surface area contributed by atoms with Crippen molar-refractivity contribution in [1.82, 2.24) is 5.32 Å². The van der Waals surface area contributed by atoms with E-state index in [1.54, 1.807) is 20.8 Å². The molecule has 9 heteroatoms. The van der Waals surface area contributed by atoms with E-state index < -0.39 is 30.0 Å². The quantitative estimate of drug-likeness (QED) is 0.350. The smallest absolute Gasteiger partial charge is 0.422 e. The van der Waals surface area contributed by atoms with Gasteiger partial charge in [-0.05, 0) is 20.8 Å². The lowest BCUT2D eigenvalue weighted by atomic mass is 10.2. The zero-order valence-electron chi connectivity index (χ0n) is 12.0. The number of hydrogen-bond donors (Lipinski definition) is 1. The van der Waals surface area contributed by atoms with Crippen LogP contribution in [0, 0.1) is 0 Å². The lowest BCUT2D eigenvalue weighted by Gasteiger charge is -2.20. The van der Waals surface area contributed by atoms with Crippen LogP contribution in [0.1, 0.15) is 27.2 Å². The van der Waals surface area contributed by atoms with E-state index >= 15 is 0 Å². The standard InChI is InChI=1S/C12H18ClF3N2O3/c1-8(18-10(19)21-11(2,3)4)5-9(13)17-7-20-6-12(14,15)16/h7,9H,1,5-6H2,2-4H3,(H,18,19)/b17-7+. The Kier molecular flexibility index (Phi) is 7.56. The average Bonchev–Trinajstić information content (AvgIpc) is 2.19. The number of rotatable bonds is 6. The second kappa shape index (κ2) is 8.11. The molecule has 0 aromatic rings. The van der Waals surface area contributed by atoms with E-state index in [2.05, 4.69) is 21.6 Å². The van der Waals surface area contributed by atoms with Crippen LogP contribution in [0.25, 0.3) is 0 Å². The minimum atomic E-state index is -4.43. The number of ether oxygens (including phenoxy) is 2. The number of aliphatic imine (C=N–C) groups is 1. The molecule has 0 rings (SSSR count). The Morgan fingerprint density at radius 1 is 1.43 bits per heavy atom. The van der Waals surface area contributed by atoms with E-state index in [0.29, 0.717) is 6.40 Å². The molecule has 0 fully saturated rings. The molecular weight excluding hydrogens is 313 g/mol. The van der Waals surface area contributed by atoms with Crippen molar-refractivity contribution in [2.45, 2.75) is 44.5 Å². The van der Waals surface area contributed by atoms with Crippen LogP contribution in [0.3, 0.4) is 0 Å². The third-order valence-electron chi connectivity index (χ3n) is 1.64. The number of alkyl halides is 4. The zero-order valence-corrected chi connectivity index (χ0v) is 12.7. The topological polar surface area (TPSA) is 59.9 Å². The highest BCUT2D eigenvalue weighted by molar-refractivity contribution is 6.20. The monoisotopic (exact) mass is 330 g/mol. The highest BCUT2D eigenvalue weighted by Crippen LogP contribution is 2.14. The van der Waals surface area contributed by atoms with E-state index in [1.807, 2.05) is 0 Å². The molecule has 21 heavy (non-hydrogen) atoms. The van der Waals surface area contributed by atoms with Crippen molar-refractivity contribution >= 4 is 24.1 Å². The molecular formula is C12H18ClF3N2O3. The van der Waals surface area contributed by atoms with Gasteiger partial charge in [-0.25, -0.2) is 9.79 Å². The van der Waals surface area contributed by atoms with E-state index in [0.717, 1.165) is 0 Å². The molecule has 0 aromatic carbocycles. The molecule has 0 bridgehead atoms. The minimum absolute atomic E-state index is 0.0205. The van der Waals surface area contributed by atoms with Crippen molar-refractivity contribution in [3.05, 3.63) is 12.3 Å². The summed E-state index contributed by atoms with van der Waals surface area (Å²) in [5.74, 6) is 0. The van der Waals surface area contributed by atoms with E-state index in [9.17, 15) is 18.0 Å². The first-order valence-electron chi connectivity index (χ1n) is 5.91. The molecule has 1 atom stereocenters. The zero-order chi connectivity index (χ0) is 16.7. The summed E-state index contributed by atoms with van der Waals surface area (Å²) >= 11 is 5.73. The van der Waals surface area contributed by atoms with Crippen molar-refractivity contribution in [3.8, 4) is 0 Å². The number of carbonyl (C=O) groups is 1. The van der Waals surface area contributed by atoms with Crippen molar-refractivity contribution in [1.29, 1.82) is 0 Å². The molecule has 0 saturated carbocycles. The van der Waals surface area contributed by atoms with Gasteiger partial charge in [0.2, 0.25) is 0 Å². The molecule has 0 aliphatic heterocycles. The summed E-state index contributed by atoms with van der Waals surface area (Å²) in [4.78, 5) is 14.9. The van der Waals surface area contributed by atoms with Gasteiger partial charge in [0.05, 0.1) is 0 Å². The number of halogens is 4. The van der Waals surface area contributed by atoms with Crippen LogP contribution in [0.5, 0.6) is 0 Å². The Balaban J connectivity index is 4.05. The molecule has 1 unspecified atom stereocenters. The minimum Gasteiger partial charge on any atom is -0.474 e. The Labute approximate surface area is 126 Å². The maximum Gasteiger partial charge on any atom is 0.422 e. The van der Waals surface area contributed by atoms with Gasteiger partial charge in [0, 0.05) is 12.1 Å². The Morgan fingerprint density at radius 2 is 2.00 bits per heavy atom. The molecule has 0 heterocycles. The fourth-order valence-electron chi connectivity index (χ4n) is 0.996. The number of alkyl carbamates (subject to hydrolysis) is 1. The SMILES string of the molecule is C=C(CC(Cl)/N=C/OCC(F)(F)F)NC(=O)OC(C)(C)C. The number of nitrogens with one attached hydrogen (secondary N) is 1. The molecule has 5 nitrogen and oxygen atoms in total. The first kappa shape index (κ1) is 19.6. The van der Waals surface area contributed by atoms with Crippen molar-refractivity contribution in [2.75, 3.05) is 6.61 Å². The third kappa shape index (κ3) is 13.3. The highest BCUT2D eigenvalue weighted by Gasteiger charge is 2.27. The predicted octanol–water partition coefficient (Wildman–Crippen LogP) is 3.59. The Morgan fingerprint density at radius 3 is 2.48 bits per heavy atom. The normalized spacial score (nSPS) is 13.9. The summed E-state index contributed by atoms with van der Waals surface area (Å²) in [5.41, 5.74) is -1.35. The van der Waals surface area contributed by atoms with Crippen LogP contribution in [-0.4, -0.2) is 36.4 Å². The molecule has 0 radical (unpaired) electrons. The Bertz CT molecular complexity index is 392. The predicted molar refractivity (Wildman–Crippen MR) is 73.3 cm³/mol. The average molecular weight is 331 g/mol. The first-order chi connectivity index (χ1) is 9.39. The molecule has 0 spiro atoms. The number of carbonyl (C=O) groups excluding carboxylic acids is 1. The van der Waals surface area contributed by atoms with Gasteiger partial charge >= 0.3 is 12.3 Å². The molecule has 1 N–H and O–H groups in total. The van der Waals surface area contributed by atoms with E-state index in [1.165, 1.54) is 0 Å². The van der Waals surface area contributed by atoms with Crippen LogP contribution in [0.2, 0.25) is 0 Å². The van der Waals surface area contributed by atoms with Gasteiger partial charge in [0.25, 0.3) is 0 Å². The van der Waals surface area contributed by atoms with Crippen LogP contribution in [0.15, 0.2) is 17.3 Å². The highest BCUT2D eigenvalue weighted by atomic mass is 35.5. The molecule has 0 saturated heterocycles. The van der Waals surface area contributed by atoms with Crippen molar-refractivity contribution < 1.29 is 27.4 Å². The lowest BCUT2D eigenvalue weighted by molar-refractivity contribution is -0.155. The van der Waals surface area contributed by atoms with Crippen LogP contribution >= 0.6 is 11.6 Å². The van der Waals surface area contributed by atoms with Gasteiger partial charge in [0.1, 0.15) is 11.1 Å². The third-order valence-corrected chi connectivity index (χ3v) is 1.90. The summed E-state index contributed by atoms with van der Waals surface area (Å²) in [6.07, 6.45) is -4.50. The molecule has 1 amide bonds. The van der Waals surface area contributed by atoms with Gasteiger partial charge in [-0.2, -0.15) is 13.2 Å². The molecule has 0 aromatic heterocycles. The summed E-state index contributed by atoms with van der Waals surface area (Å²) in [5, 5.41) is 2.35. The largest absolute Gasteiger partial charge is 0.474 e. The molecule has 0 aliphatic rings. The fraction of sp³-hybridized carbons (Fsp3) is 0.667. The summed E-state index contributed by atoms with van der Waals surface area (Å²) in [6.45, 7) is 7.18.